The molecule has 0 aliphatic heterocycles. The third kappa shape index (κ3) is 7.69. The van der Waals surface area contributed by atoms with Crippen molar-refractivity contribution in [3.63, 3.8) is 0 Å². The number of hydrogen-bond donors (Lipinski definition) is 2. The van der Waals surface area contributed by atoms with Crippen LogP contribution >= 0.6 is 23.2 Å². The summed E-state index contributed by atoms with van der Waals surface area (Å²) in [6, 6.07) is 5.11. The van der Waals surface area contributed by atoms with E-state index in [-0.39, 0.29) is 6.61 Å². The quantitative estimate of drug-likeness (QED) is 0.510. The Bertz CT molecular complexity index is 434. The van der Waals surface area contributed by atoms with E-state index in [0.717, 1.165) is 5.57 Å². The van der Waals surface area contributed by atoms with Crippen molar-refractivity contribution in [3.05, 3.63) is 40.4 Å². The Morgan fingerprint density at radius 3 is 2.67 bits per heavy atom. The van der Waals surface area contributed by atoms with E-state index in [1.54, 1.807) is 18.2 Å². The smallest absolute Gasteiger partial charge is 0.156 e. The van der Waals surface area contributed by atoms with Gasteiger partial charge < -0.3 is 19.9 Å². The summed E-state index contributed by atoms with van der Waals surface area (Å²) in [5, 5.41) is 13.7. The second-order valence-corrected chi connectivity index (χ2v) is 5.54. The molecular formula is C15H21Cl2NO3. The van der Waals surface area contributed by atoms with E-state index in [1.807, 2.05) is 6.92 Å². The number of benzene rings is 1. The number of para-hydroxylation sites is 1. The molecule has 21 heavy (non-hydrogen) atoms. The molecule has 0 radical (unpaired) electrons. The van der Waals surface area contributed by atoms with Crippen LogP contribution < -0.4 is 10.1 Å². The lowest BCUT2D eigenvalue weighted by Crippen LogP contribution is -2.33. The number of rotatable bonds is 10. The summed E-state index contributed by atoms with van der Waals surface area (Å²) in [7, 11) is 0. The molecule has 6 heteroatoms. The zero-order chi connectivity index (χ0) is 15.7. The summed E-state index contributed by atoms with van der Waals surface area (Å²) in [5.41, 5.74) is 0.986. The van der Waals surface area contributed by atoms with Gasteiger partial charge in [0.2, 0.25) is 0 Å². The van der Waals surface area contributed by atoms with Crippen molar-refractivity contribution in [1.82, 2.24) is 5.32 Å². The van der Waals surface area contributed by atoms with Gasteiger partial charge >= 0.3 is 0 Å². The van der Waals surface area contributed by atoms with Gasteiger partial charge in [-0.1, -0.05) is 41.4 Å². The Balaban J connectivity index is 2.17. The normalized spacial score (nSPS) is 12.2. The van der Waals surface area contributed by atoms with E-state index in [1.165, 1.54) is 0 Å². The van der Waals surface area contributed by atoms with E-state index >= 15 is 0 Å². The summed E-state index contributed by atoms with van der Waals surface area (Å²) < 4.78 is 10.8. The average Bonchev–Trinajstić information content (AvgIpc) is 2.41. The van der Waals surface area contributed by atoms with E-state index < -0.39 is 6.10 Å². The van der Waals surface area contributed by atoms with E-state index in [4.69, 9.17) is 32.7 Å². The SMILES string of the molecule is C=C(C)COCCNCC(O)COc1c(Cl)cccc1Cl. The van der Waals surface area contributed by atoms with Gasteiger partial charge in [0.15, 0.2) is 5.75 Å². The Morgan fingerprint density at radius 2 is 2.05 bits per heavy atom. The summed E-state index contributed by atoms with van der Waals surface area (Å²) in [6.45, 7) is 7.94. The number of aliphatic hydroxyl groups excluding tert-OH is 1. The fourth-order valence-electron chi connectivity index (χ4n) is 1.52. The Labute approximate surface area is 135 Å². The van der Waals surface area contributed by atoms with Crippen molar-refractivity contribution in [3.8, 4) is 5.75 Å². The van der Waals surface area contributed by atoms with E-state index in [9.17, 15) is 5.11 Å². The predicted molar refractivity (Wildman–Crippen MR) is 86.5 cm³/mol. The summed E-state index contributed by atoms with van der Waals surface area (Å²) in [6.07, 6.45) is -0.654. The Kier molecular flexibility index (Phi) is 8.73. The van der Waals surface area contributed by atoms with Gasteiger partial charge in [0.05, 0.1) is 23.3 Å². The van der Waals surface area contributed by atoms with Gasteiger partial charge in [-0.05, 0) is 19.1 Å². The fraction of sp³-hybridized carbons (Fsp3) is 0.467. The Hall–Kier alpha value is -0.780. The van der Waals surface area contributed by atoms with Crippen molar-refractivity contribution in [2.24, 2.45) is 0 Å². The second-order valence-electron chi connectivity index (χ2n) is 4.73. The predicted octanol–water partition coefficient (Wildman–Crippen LogP) is 2.92. The molecule has 0 heterocycles. The van der Waals surface area contributed by atoms with Crippen molar-refractivity contribution >= 4 is 23.2 Å². The highest BCUT2D eigenvalue weighted by molar-refractivity contribution is 6.37. The molecule has 1 rings (SSSR count). The first-order valence-electron chi connectivity index (χ1n) is 6.68. The molecule has 1 unspecified atom stereocenters. The van der Waals surface area contributed by atoms with Crippen molar-refractivity contribution in [2.75, 3.05) is 32.9 Å². The number of hydrogen-bond acceptors (Lipinski definition) is 4. The lowest BCUT2D eigenvalue weighted by Gasteiger charge is -2.15. The molecule has 0 aliphatic carbocycles. The van der Waals surface area contributed by atoms with Gasteiger partial charge in [-0.3, -0.25) is 0 Å². The first-order valence-corrected chi connectivity index (χ1v) is 7.44. The highest BCUT2D eigenvalue weighted by atomic mass is 35.5. The highest BCUT2D eigenvalue weighted by Gasteiger charge is 2.10. The molecular weight excluding hydrogens is 313 g/mol. The lowest BCUT2D eigenvalue weighted by atomic mass is 10.3. The molecule has 0 amide bonds. The van der Waals surface area contributed by atoms with Crippen molar-refractivity contribution in [1.29, 1.82) is 0 Å². The first-order chi connectivity index (χ1) is 10.0. The van der Waals surface area contributed by atoms with Crippen LogP contribution in [-0.4, -0.2) is 44.1 Å². The van der Waals surface area contributed by atoms with Gasteiger partial charge in [0, 0.05) is 13.1 Å². The molecule has 0 fully saturated rings. The number of ether oxygens (including phenoxy) is 2. The number of aliphatic hydroxyl groups is 1. The van der Waals surface area contributed by atoms with E-state index in [2.05, 4.69) is 11.9 Å². The third-order valence-electron chi connectivity index (χ3n) is 2.49. The molecule has 0 saturated heterocycles. The third-order valence-corrected chi connectivity index (χ3v) is 3.09. The molecule has 118 valence electrons. The average molecular weight is 334 g/mol. The van der Waals surface area contributed by atoms with Gasteiger partial charge in [-0.2, -0.15) is 0 Å². The van der Waals surface area contributed by atoms with Gasteiger partial charge in [0.25, 0.3) is 0 Å². The molecule has 0 bridgehead atoms. The van der Waals surface area contributed by atoms with Crippen LogP contribution in [0.4, 0.5) is 0 Å². The van der Waals surface area contributed by atoms with Crippen molar-refractivity contribution in [2.45, 2.75) is 13.0 Å². The Morgan fingerprint density at radius 1 is 1.38 bits per heavy atom. The minimum absolute atomic E-state index is 0.114. The molecule has 0 saturated carbocycles. The summed E-state index contributed by atoms with van der Waals surface area (Å²) >= 11 is 11.9. The standard InChI is InChI=1S/C15H21Cl2NO3/c1-11(2)9-20-7-6-18-8-12(19)10-21-15-13(16)4-3-5-14(15)17/h3-5,12,18-19H,1,6-10H2,2H3. The maximum absolute atomic E-state index is 9.81. The largest absolute Gasteiger partial charge is 0.488 e. The van der Waals surface area contributed by atoms with Crippen LogP contribution in [0.25, 0.3) is 0 Å². The zero-order valence-electron chi connectivity index (χ0n) is 12.1. The molecule has 4 nitrogen and oxygen atoms in total. The monoisotopic (exact) mass is 333 g/mol. The second kappa shape index (κ2) is 10.0. The molecule has 2 N–H and O–H groups in total. The highest BCUT2D eigenvalue weighted by Crippen LogP contribution is 2.32. The minimum atomic E-state index is -0.654. The van der Waals surface area contributed by atoms with E-state index in [0.29, 0.717) is 42.1 Å². The topological polar surface area (TPSA) is 50.7 Å². The lowest BCUT2D eigenvalue weighted by molar-refractivity contribution is 0.101. The molecule has 1 aromatic carbocycles. The molecule has 0 aliphatic rings. The van der Waals surface area contributed by atoms with Gasteiger partial charge in [-0.25, -0.2) is 0 Å². The van der Waals surface area contributed by atoms with Crippen molar-refractivity contribution < 1.29 is 14.6 Å². The first kappa shape index (κ1) is 18.3. The van der Waals surface area contributed by atoms with Crippen LogP contribution in [0.2, 0.25) is 10.0 Å². The summed E-state index contributed by atoms with van der Waals surface area (Å²) in [5.74, 6) is 0.393. The van der Waals surface area contributed by atoms with Gasteiger partial charge in [0.1, 0.15) is 12.7 Å². The van der Waals surface area contributed by atoms with Crippen LogP contribution in [0.3, 0.4) is 0 Å². The minimum Gasteiger partial charge on any atom is -0.488 e. The van der Waals surface area contributed by atoms with Crippen LogP contribution in [0.1, 0.15) is 6.92 Å². The summed E-state index contributed by atoms with van der Waals surface area (Å²) in [4.78, 5) is 0. The van der Waals surface area contributed by atoms with Crippen LogP contribution in [0, 0.1) is 0 Å². The number of halogens is 2. The number of nitrogens with one attached hydrogen (secondary N) is 1. The van der Waals surface area contributed by atoms with Crippen LogP contribution in [0.5, 0.6) is 5.75 Å². The van der Waals surface area contributed by atoms with Gasteiger partial charge in [-0.15, -0.1) is 0 Å². The maximum atomic E-state index is 9.81. The maximum Gasteiger partial charge on any atom is 0.156 e. The molecule has 0 aromatic heterocycles. The molecule has 0 spiro atoms. The van der Waals surface area contributed by atoms with Crippen LogP contribution in [-0.2, 0) is 4.74 Å². The van der Waals surface area contributed by atoms with Crippen LogP contribution in [0.15, 0.2) is 30.4 Å². The zero-order valence-corrected chi connectivity index (χ0v) is 13.6. The molecule has 1 aromatic rings. The fourth-order valence-corrected chi connectivity index (χ4v) is 2.02. The molecule has 1 atom stereocenters.